The highest BCUT2D eigenvalue weighted by molar-refractivity contribution is 7.99. The zero-order valence-electron chi connectivity index (χ0n) is 9.16. The summed E-state index contributed by atoms with van der Waals surface area (Å²) < 4.78 is 0. The van der Waals surface area contributed by atoms with Crippen LogP contribution in [0.3, 0.4) is 0 Å². The van der Waals surface area contributed by atoms with E-state index in [2.05, 4.69) is 26.6 Å². The first-order chi connectivity index (χ1) is 7.09. The Morgan fingerprint density at radius 3 is 2.87 bits per heavy atom. The molecule has 2 N–H and O–H groups in total. The van der Waals surface area contributed by atoms with Gasteiger partial charge in [0.1, 0.15) is 11.4 Å². The summed E-state index contributed by atoms with van der Waals surface area (Å²) in [7, 11) is 0. The van der Waals surface area contributed by atoms with Gasteiger partial charge in [0.05, 0.1) is 6.07 Å². The Kier molecular flexibility index (Phi) is 4.12. The van der Waals surface area contributed by atoms with E-state index < -0.39 is 5.54 Å². The minimum Gasteiger partial charge on any atom is -0.299 e. The van der Waals surface area contributed by atoms with Crippen LogP contribution in [0.2, 0.25) is 0 Å². The Balaban J connectivity index is 2.51. The third-order valence-electron chi connectivity index (χ3n) is 1.88. The predicted octanol–water partition coefficient (Wildman–Crippen LogP) is 1.10. The topological polar surface area (TPSA) is 77.4 Å². The summed E-state index contributed by atoms with van der Waals surface area (Å²) in [6.07, 6.45) is 0. The molecule has 0 aliphatic rings. The SMILES string of the molecule is CCNC(C)(C#N)CSc1n[nH]c(C)n1. The summed E-state index contributed by atoms with van der Waals surface area (Å²) in [5.41, 5.74) is -0.520. The van der Waals surface area contributed by atoms with Crippen LogP contribution >= 0.6 is 11.8 Å². The van der Waals surface area contributed by atoms with E-state index in [1.807, 2.05) is 20.8 Å². The van der Waals surface area contributed by atoms with Gasteiger partial charge in [-0.15, -0.1) is 5.10 Å². The van der Waals surface area contributed by atoms with E-state index in [1.54, 1.807) is 0 Å². The molecule has 0 saturated heterocycles. The number of nitrogens with zero attached hydrogens (tertiary/aromatic N) is 3. The molecule has 0 bridgehead atoms. The van der Waals surface area contributed by atoms with Crippen LogP contribution in [0, 0.1) is 18.3 Å². The Bertz CT molecular complexity index is 356. The largest absolute Gasteiger partial charge is 0.299 e. The van der Waals surface area contributed by atoms with Crippen LogP contribution in [0.1, 0.15) is 19.7 Å². The zero-order chi connectivity index (χ0) is 11.3. The van der Waals surface area contributed by atoms with Crippen molar-refractivity contribution >= 4 is 11.8 Å². The van der Waals surface area contributed by atoms with Gasteiger partial charge in [0.2, 0.25) is 5.16 Å². The summed E-state index contributed by atoms with van der Waals surface area (Å²) in [6, 6.07) is 2.26. The Labute approximate surface area is 93.7 Å². The molecule has 1 aromatic rings. The van der Waals surface area contributed by atoms with E-state index in [1.165, 1.54) is 11.8 Å². The highest BCUT2D eigenvalue weighted by Gasteiger charge is 2.23. The van der Waals surface area contributed by atoms with Gasteiger partial charge in [0.25, 0.3) is 0 Å². The summed E-state index contributed by atoms with van der Waals surface area (Å²) in [5.74, 6) is 1.42. The van der Waals surface area contributed by atoms with Crippen LogP contribution in [-0.2, 0) is 0 Å². The average Bonchev–Trinajstić information content (AvgIpc) is 2.62. The molecule has 1 aromatic heterocycles. The van der Waals surface area contributed by atoms with Crippen molar-refractivity contribution in [3.05, 3.63) is 5.82 Å². The average molecular weight is 225 g/mol. The van der Waals surface area contributed by atoms with Gasteiger partial charge in [-0.2, -0.15) is 5.26 Å². The lowest BCUT2D eigenvalue weighted by Crippen LogP contribution is -2.43. The highest BCUT2D eigenvalue weighted by atomic mass is 32.2. The van der Waals surface area contributed by atoms with Gasteiger partial charge >= 0.3 is 0 Å². The summed E-state index contributed by atoms with van der Waals surface area (Å²) in [4.78, 5) is 4.17. The molecule has 1 rings (SSSR count). The van der Waals surface area contributed by atoms with E-state index in [0.717, 1.165) is 12.4 Å². The molecule has 0 aliphatic heterocycles. The summed E-state index contributed by atoms with van der Waals surface area (Å²) in [6.45, 7) is 6.49. The van der Waals surface area contributed by atoms with Crippen molar-refractivity contribution in [1.29, 1.82) is 5.26 Å². The Hall–Kier alpha value is -1.06. The zero-order valence-corrected chi connectivity index (χ0v) is 9.98. The number of hydrogen-bond donors (Lipinski definition) is 2. The van der Waals surface area contributed by atoms with Crippen molar-refractivity contribution in [3.63, 3.8) is 0 Å². The van der Waals surface area contributed by atoms with Crippen molar-refractivity contribution < 1.29 is 0 Å². The van der Waals surface area contributed by atoms with Gasteiger partial charge in [-0.25, -0.2) is 4.98 Å². The van der Waals surface area contributed by atoms with Crippen molar-refractivity contribution in [1.82, 2.24) is 20.5 Å². The van der Waals surface area contributed by atoms with Crippen molar-refractivity contribution in [3.8, 4) is 6.07 Å². The van der Waals surface area contributed by atoms with Crippen molar-refractivity contribution in [2.24, 2.45) is 0 Å². The second-order valence-corrected chi connectivity index (χ2v) is 4.41. The predicted molar refractivity (Wildman–Crippen MR) is 59.5 cm³/mol. The summed E-state index contributed by atoms with van der Waals surface area (Å²) >= 11 is 1.47. The molecule has 0 saturated carbocycles. The van der Waals surface area contributed by atoms with Gasteiger partial charge in [-0.05, 0) is 20.4 Å². The fourth-order valence-electron chi connectivity index (χ4n) is 1.11. The number of aromatic nitrogens is 3. The first-order valence-corrected chi connectivity index (χ1v) is 5.76. The van der Waals surface area contributed by atoms with Crippen LogP contribution in [0.15, 0.2) is 5.16 Å². The molecule has 0 aromatic carbocycles. The molecule has 1 heterocycles. The molecule has 5 nitrogen and oxygen atoms in total. The fourth-order valence-corrected chi connectivity index (χ4v) is 2.00. The highest BCUT2D eigenvalue weighted by Crippen LogP contribution is 2.18. The van der Waals surface area contributed by atoms with Crippen LogP contribution in [0.25, 0.3) is 0 Å². The van der Waals surface area contributed by atoms with Crippen LogP contribution < -0.4 is 5.32 Å². The van der Waals surface area contributed by atoms with Crippen LogP contribution in [-0.4, -0.2) is 33.0 Å². The molecular formula is C9H15N5S. The van der Waals surface area contributed by atoms with E-state index in [-0.39, 0.29) is 0 Å². The number of rotatable bonds is 5. The Morgan fingerprint density at radius 2 is 2.40 bits per heavy atom. The number of hydrogen-bond acceptors (Lipinski definition) is 5. The molecule has 0 spiro atoms. The first-order valence-electron chi connectivity index (χ1n) is 4.78. The molecule has 1 unspecified atom stereocenters. The molecule has 1 atom stereocenters. The lowest BCUT2D eigenvalue weighted by atomic mass is 10.1. The third-order valence-corrected chi connectivity index (χ3v) is 3.04. The van der Waals surface area contributed by atoms with Gasteiger partial charge in [0, 0.05) is 5.75 Å². The van der Waals surface area contributed by atoms with Crippen molar-refractivity contribution in [2.75, 3.05) is 12.3 Å². The molecule has 82 valence electrons. The van der Waals surface area contributed by atoms with E-state index in [0.29, 0.717) is 10.9 Å². The molecule has 0 fully saturated rings. The summed E-state index contributed by atoms with van der Waals surface area (Å²) in [5, 5.41) is 19.6. The molecular weight excluding hydrogens is 210 g/mol. The number of thioether (sulfide) groups is 1. The maximum atomic E-state index is 9.03. The second-order valence-electron chi connectivity index (χ2n) is 3.47. The minimum absolute atomic E-state index is 0.520. The number of aryl methyl sites for hydroxylation is 1. The minimum atomic E-state index is -0.520. The van der Waals surface area contributed by atoms with E-state index >= 15 is 0 Å². The van der Waals surface area contributed by atoms with Gasteiger partial charge in [-0.3, -0.25) is 10.4 Å². The molecule has 0 radical (unpaired) electrons. The lowest BCUT2D eigenvalue weighted by molar-refractivity contribution is 0.511. The number of nitrogens with one attached hydrogen (secondary N) is 2. The van der Waals surface area contributed by atoms with E-state index in [4.69, 9.17) is 5.26 Å². The molecule has 0 amide bonds. The van der Waals surface area contributed by atoms with Crippen molar-refractivity contribution in [2.45, 2.75) is 31.5 Å². The second kappa shape index (κ2) is 5.14. The number of nitriles is 1. The number of H-pyrrole nitrogens is 1. The quantitative estimate of drug-likeness (QED) is 0.734. The van der Waals surface area contributed by atoms with Gasteiger partial charge in [-0.1, -0.05) is 18.7 Å². The van der Waals surface area contributed by atoms with E-state index in [9.17, 15) is 0 Å². The van der Waals surface area contributed by atoms with Gasteiger partial charge < -0.3 is 0 Å². The maximum Gasteiger partial charge on any atom is 0.208 e. The van der Waals surface area contributed by atoms with Gasteiger partial charge in [0.15, 0.2) is 0 Å². The molecule has 15 heavy (non-hydrogen) atoms. The van der Waals surface area contributed by atoms with Crippen LogP contribution in [0.4, 0.5) is 0 Å². The van der Waals surface area contributed by atoms with Crippen LogP contribution in [0.5, 0.6) is 0 Å². The first kappa shape index (κ1) is 12.0. The third kappa shape index (κ3) is 3.53. The standard InChI is InChI=1S/C9H15N5S/c1-4-11-9(3,5-10)6-15-8-12-7(2)13-14-8/h11H,4,6H2,1-3H3,(H,12,13,14). The molecule has 6 heteroatoms. The monoisotopic (exact) mass is 225 g/mol. The maximum absolute atomic E-state index is 9.03. The lowest BCUT2D eigenvalue weighted by Gasteiger charge is -2.20. The smallest absolute Gasteiger partial charge is 0.208 e. The Morgan fingerprint density at radius 1 is 1.67 bits per heavy atom. The normalized spacial score (nSPS) is 14.5. The molecule has 0 aliphatic carbocycles. The fraction of sp³-hybridized carbons (Fsp3) is 0.667. The number of aromatic amines is 1.